The molecule has 138 valence electrons. The molecule has 0 spiro atoms. The summed E-state index contributed by atoms with van der Waals surface area (Å²) in [6.07, 6.45) is 0.723. The van der Waals surface area contributed by atoms with Crippen LogP contribution in [0.15, 0.2) is 35.2 Å². The third-order valence-corrected chi connectivity index (χ3v) is 5.55. The fourth-order valence-electron chi connectivity index (χ4n) is 2.43. The van der Waals surface area contributed by atoms with Crippen LogP contribution in [0.4, 0.5) is 11.4 Å². The summed E-state index contributed by atoms with van der Waals surface area (Å²) in [6, 6.07) is 6.78. The summed E-state index contributed by atoms with van der Waals surface area (Å²) < 4.78 is 38.6. The predicted molar refractivity (Wildman–Crippen MR) is 95.7 cm³/mol. The Bertz CT molecular complexity index is 977. The maximum absolute atomic E-state index is 12.6. The SMILES string of the molecule is Cc1c(Cl)cc(S(=O)(=O)Nc2ccc3c(c2)OCCCO3)cc1[N+](=O)[O-]. The van der Waals surface area contributed by atoms with Crippen LogP contribution >= 0.6 is 11.6 Å². The summed E-state index contributed by atoms with van der Waals surface area (Å²) in [6.45, 7) is 2.43. The molecule has 0 amide bonds. The second kappa shape index (κ2) is 7.00. The molecule has 0 saturated carbocycles. The molecule has 0 unspecified atom stereocenters. The highest BCUT2D eigenvalue weighted by molar-refractivity contribution is 7.92. The van der Waals surface area contributed by atoms with Crippen molar-refractivity contribution in [2.45, 2.75) is 18.2 Å². The van der Waals surface area contributed by atoms with E-state index in [-0.39, 0.29) is 26.9 Å². The van der Waals surface area contributed by atoms with Crippen molar-refractivity contribution in [2.75, 3.05) is 17.9 Å². The minimum atomic E-state index is -4.08. The fraction of sp³-hybridized carbons (Fsp3) is 0.250. The number of anilines is 1. The standard InChI is InChI=1S/C16H15ClN2O6S/c1-10-13(17)8-12(9-14(10)19(20)21)26(22,23)18-11-3-4-15-16(7-11)25-6-2-5-24-15/h3-4,7-9,18H,2,5-6H2,1H3. The summed E-state index contributed by atoms with van der Waals surface area (Å²) >= 11 is 5.95. The first-order chi connectivity index (χ1) is 12.3. The largest absolute Gasteiger partial charge is 0.490 e. The molecular weight excluding hydrogens is 384 g/mol. The topological polar surface area (TPSA) is 108 Å². The third-order valence-electron chi connectivity index (χ3n) is 3.80. The smallest absolute Gasteiger partial charge is 0.275 e. The number of hydrogen-bond donors (Lipinski definition) is 1. The van der Waals surface area contributed by atoms with Gasteiger partial charge in [-0.25, -0.2) is 8.42 Å². The van der Waals surface area contributed by atoms with Crippen molar-refractivity contribution in [2.24, 2.45) is 0 Å². The Hall–Kier alpha value is -2.52. The summed E-state index contributed by atoms with van der Waals surface area (Å²) in [5.74, 6) is 0.954. The molecule has 26 heavy (non-hydrogen) atoms. The minimum Gasteiger partial charge on any atom is -0.490 e. The van der Waals surface area contributed by atoms with Crippen molar-refractivity contribution < 1.29 is 22.8 Å². The number of fused-ring (bicyclic) bond motifs is 1. The van der Waals surface area contributed by atoms with Gasteiger partial charge in [0.25, 0.3) is 15.7 Å². The van der Waals surface area contributed by atoms with Crippen molar-refractivity contribution in [3.05, 3.63) is 51.0 Å². The van der Waals surface area contributed by atoms with Crippen LogP contribution < -0.4 is 14.2 Å². The summed E-state index contributed by atoms with van der Waals surface area (Å²) in [5, 5.41) is 11.1. The van der Waals surface area contributed by atoms with Crippen molar-refractivity contribution >= 4 is 33.0 Å². The molecule has 1 aliphatic rings. The first-order valence-electron chi connectivity index (χ1n) is 7.65. The van der Waals surface area contributed by atoms with E-state index in [9.17, 15) is 18.5 Å². The van der Waals surface area contributed by atoms with E-state index in [1.54, 1.807) is 6.07 Å². The van der Waals surface area contributed by atoms with Gasteiger partial charge in [0.1, 0.15) is 0 Å². The van der Waals surface area contributed by atoms with E-state index in [4.69, 9.17) is 21.1 Å². The van der Waals surface area contributed by atoms with E-state index < -0.39 is 14.9 Å². The fourth-order valence-corrected chi connectivity index (χ4v) is 3.80. The van der Waals surface area contributed by atoms with E-state index in [1.807, 2.05) is 0 Å². The molecular formula is C16H15ClN2O6S. The summed E-state index contributed by atoms with van der Waals surface area (Å²) in [4.78, 5) is 10.1. The van der Waals surface area contributed by atoms with Crippen LogP contribution in [-0.2, 0) is 10.0 Å². The average Bonchev–Trinajstić information content (AvgIpc) is 2.81. The van der Waals surface area contributed by atoms with E-state index in [1.165, 1.54) is 25.1 Å². The zero-order chi connectivity index (χ0) is 18.9. The van der Waals surface area contributed by atoms with Crippen molar-refractivity contribution in [3.63, 3.8) is 0 Å². The lowest BCUT2D eigenvalue weighted by atomic mass is 10.2. The molecule has 0 aromatic heterocycles. The second-order valence-electron chi connectivity index (χ2n) is 5.62. The van der Waals surface area contributed by atoms with E-state index >= 15 is 0 Å². The molecule has 2 aromatic carbocycles. The van der Waals surface area contributed by atoms with Crippen molar-refractivity contribution in [1.82, 2.24) is 0 Å². The number of rotatable bonds is 4. The number of hydrogen-bond acceptors (Lipinski definition) is 6. The molecule has 0 atom stereocenters. The first kappa shape index (κ1) is 18.3. The number of nitro groups is 1. The first-order valence-corrected chi connectivity index (χ1v) is 9.51. The molecule has 1 N–H and O–H groups in total. The normalized spacial score (nSPS) is 13.8. The van der Waals surface area contributed by atoms with Crippen LogP contribution in [0.5, 0.6) is 11.5 Å². The monoisotopic (exact) mass is 398 g/mol. The quantitative estimate of drug-likeness (QED) is 0.623. The summed E-state index contributed by atoms with van der Waals surface area (Å²) in [5.41, 5.74) is 0.0799. The van der Waals surface area contributed by atoms with E-state index in [0.717, 1.165) is 12.5 Å². The van der Waals surface area contributed by atoms with Gasteiger partial charge in [-0.15, -0.1) is 0 Å². The second-order valence-corrected chi connectivity index (χ2v) is 7.71. The Kier molecular flexibility index (Phi) is 4.92. The van der Waals surface area contributed by atoms with Crippen LogP contribution in [0.2, 0.25) is 5.02 Å². The van der Waals surface area contributed by atoms with Gasteiger partial charge in [-0.05, 0) is 25.1 Å². The minimum absolute atomic E-state index is 0.00163. The van der Waals surface area contributed by atoms with Gasteiger partial charge in [-0.3, -0.25) is 14.8 Å². The lowest BCUT2D eigenvalue weighted by molar-refractivity contribution is -0.385. The number of nitro benzene ring substituents is 1. The molecule has 3 rings (SSSR count). The average molecular weight is 399 g/mol. The van der Waals surface area contributed by atoms with Crippen LogP contribution in [0.3, 0.4) is 0 Å². The number of benzene rings is 2. The Morgan fingerprint density at radius 3 is 2.54 bits per heavy atom. The van der Waals surface area contributed by atoms with Crippen LogP contribution in [0, 0.1) is 17.0 Å². The van der Waals surface area contributed by atoms with Gasteiger partial charge < -0.3 is 9.47 Å². The maximum Gasteiger partial charge on any atom is 0.275 e. The molecule has 0 saturated heterocycles. The molecule has 8 nitrogen and oxygen atoms in total. The number of nitrogens with one attached hydrogen (secondary N) is 1. The zero-order valence-corrected chi connectivity index (χ0v) is 15.3. The third kappa shape index (κ3) is 3.68. The molecule has 0 bridgehead atoms. The highest BCUT2D eigenvalue weighted by Gasteiger charge is 2.23. The Balaban J connectivity index is 1.95. The molecule has 1 heterocycles. The number of nitrogens with zero attached hydrogens (tertiary/aromatic N) is 1. The molecule has 1 aliphatic heterocycles. The van der Waals surface area contributed by atoms with Crippen molar-refractivity contribution in [3.8, 4) is 11.5 Å². The number of halogens is 1. The van der Waals surface area contributed by atoms with Crippen molar-refractivity contribution in [1.29, 1.82) is 0 Å². The maximum atomic E-state index is 12.6. The lowest BCUT2D eigenvalue weighted by Crippen LogP contribution is -2.13. The molecule has 0 aliphatic carbocycles. The highest BCUT2D eigenvalue weighted by atomic mass is 35.5. The van der Waals surface area contributed by atoms with Gasteiger partial charge in [0.05, 0.1) is 33.7 Å². The Morgan fingerprint density at radius 2 is 1.85 bits per heavy atom. The number of sulfonamides is 1. The number of ether oxygens (including phenoxy) is 2. The van der Waals surface area contributed by atoms with Gasteiger partial charge in [0, 0.05) is 24.1 Å². The van der Waals surface area contributed by atoms with Crippen LogP contribution in [0.25, 0.3) is 0 Å². The van der Waals surface area contributed by atoms with Gasteiger partial charge in [-0.1, -0.05) is 11.6 Å². The lowest BCUT2D eigenvalue weighted by Gasteiger charge is -2.12. The van der Waals surface area contributed by atoms with E-state index in [0.29, 0.717) is 24.7 Å². The zero-order valence-electron chi connectivity index (χ0n) is 13.7. The van der Waals surface area contributed by atoms with Crippen LogP contribution in [0.1, 0.15) is 12.0 Å². The van der Waals surface area contributed by atoms with Crippen LogP contribution in [-0.4, -0.2) is 26.6 Å². The highest BCUT2D eigenvalue weighted by Crippen LogP contribution is 2.34. The summed E-state index contributed by atoms with van der Waals surface area (Å²) in [7, 11) is -4.08. The molecule has 0 fully saturated rings. The Labute approximate surface area is 154 Å². The van der Waals surface area contributed by atoms with Gasteiger partial charge in [0.2, 0.25) is 0 Å². The van der Waals surface area contributed by atoms with Gasteiger partial charge in [0.15, 0.2) is 11.5 Å². The Morgan fingerprint density at radius 1 is 1.15 bits per heavy atom. The molecule has 10 heteroatoms. The van der Waals surface area contributed by atoms with E-state index in [2.05, 4.69) is 4.72 Å². The molecule has 0 radical (unpaired) electrons. The van der Waals surface area contributed by atoms with Gasteiger partial charge >= 0.3 is 0 Å². The molecule has 2 aromatic rings. The predicted octanol–water partition coefficient (Wildman–Crippen LogP) is 3.52. The van der Waals surface area contributed by atoms with Gasteiger partial charge in [-0.2, -0.15) is 0 Å².